The molecule has 0 aromatic carbocycles. The molecule has 0 saturated heterocycles. The Balaban J connectivity index is 0.000000617. The fourth-order valence-electron chi connectivity index (χ4n) is 1.87. The number of aryl methyl sites for hydroxylation is 2. The lowest BCUT2D eigenvalue weighted by atomic mass is 9.95. The van der Waals surface area contributed by atoms with Gasteiger partial charge in [-0.05, 0) is 32.6 Å². The number of hydrogen-bond acceptors (Lipinski definition) is 1. The van der Waals surface area contributed by atoms with E-state index in [1.54, 1.807) is 6.07 Å². The summed E-state index contributed by atoms with van der Waals surface area (Å²) in [6.45, 7) is 5.94. The Morgan fingerprint density at radius 3 is 2.64 bits per heavy atom. The van der Waals surface area contributed by atoms with Crippen molar-refractivity contribution in [2.75, 3.05) is 0 Å². The normalized spacial score (nSPS) is 13.9. The molecule has 0 aliphatic heterocycles. The van der Waals surface area contributed by atoms with Crippen LogP contribution in [-0.4, -0.2) is 4.98 Å². The first kappa shape index (κ1) is 11.0. The third kappa shape index (κ3) is 2.25. The Bertz CT molecular complexity index is 357. The lowest BCUT2D eigenvalue weighted by Crippen LogP contribution is -2.17. The van der Waals surface area contributed by atoms with Gasteiger partial charge in [-0.15, -0.1) is 0 Å². The van der Waals surface area contributed by atoms with Crippen LogP contribution < -0.4 is 5.43 Å². The van der Waals surface area contributed by atoms with Crippen LogP contribution in [-0.2, 0) is 12.8 Å². The third-order valence-electron chi connectivity index (χ3n) is 2.46. The van der Waals surface area contributed by atoms with Gasteiger partial charge in [-0.1, -0.05) is 13.8 Å². The molecule has 0 radical (unpaired) electrons. The molecule has 1 aromatic heterocycles. The molecule has 0 fully saturated rings. The van der Waals surface area contributed by atoms with Gasteiger partial charge in [0.1, 0.15) is 0 Å². The Morgan fingerprint density at radius 2 is 1.93 bits per heavy atom. The zero-order valence-electron chi connectivity index (χ0n) is 9.31. The first-order valence-electron chi connectivity index (χ1n) is 5.49. The van der Waals surface area contributed by atoms with E-state index in [1.807, 2.05) is 20.8 Å². The van der Waals surface area contributed by atoms with E-state index in [2.05, 4.69) is 4.98 Å². The van der Waals surface area contributed by atoms with Crippen molar-refractivity contribution in [1.82, 2.24) is 4.98 Å². The van der Waals surface area contributed by atoms with E-state index in [0.29, 0.717) is 0 Å². The van der Waals surface area contributed by atoms with Crippen LogP contribution in [0.5, 0.6) is 0 Å². The van der Waals surface area contributed by atoms with Crippen LogP contribution in [0, 0.1) is 6.92 Å². The summed E-state index contributed by atoms with van der Waals surface area (Å²) in [5.74, 6) is 0. The van der Waals surface area contributed by atoms with Crippen molar-refractivity contribution < 1.29 is 1.43 Å². The largest absolute Gasteiger partial charge is 0.362 e. The molecule has 1 aliphatic rings. The summed E-state index contributed by atoms with van der Waals surface area (Å²) < 4.78 is 0. The zero-order chi connectivity index (χ0) is 10.6. The summed E-state index contributed by atoms with van der Waals surface area (Å²) in [5.41, 5.74) is 3.40. The number of rotatable bonds is 0. The van der Waals surface area contributed by atoms with Crippen LogP contribution in [0.4, 0.5) is 0 Å². The van der Waals surface area contributed by atoms with Crippen LogP contribution >= 0.6 is 0 Å². The monoisotopic (exact) mass is 195 g/mol. The van der Waals surface area contributed by atoms with Crippen LogP contribution in [0.2, 0.25) is 0 Å². The van der Waals surface area contributed by atoms with Crippen LogP contribution in [0.3, 0.4) is 0 Å². The van der Waals surface area contributed by atoms with Crippen molar-refractivity contribution in [3.63, 3.8) is 0 Å². The number of aromatic nitrogens is 1. The van der Waals surface area contributed by atoms with Crippen LogP contribution in [0.15, 0.2) is 10.9 Å². The molecule has 1 heterocycles. The maximum atomic E-state index is 11.5. The van der Waals surface area contributed by atoms with Gasteiger partial charge in [0.05, 0.1) is 0 Å². The molecule has 2 nitrogen and oxygen atoms in total. The Hall–Kier alpha value is -1.05. The van der Waals surface area contributed by atoms with Crippen molar-refractivity contribution in [3.05, 3.63) is 33.2 Å². The average molecular weight is 195 g/mol. The summed E-state index contributed by atoms with van der Waals surface area (Å²) in [5, 5.41) is 0. The Morgan fingerprint density at radius 1 is 1.29 bits per heavy atom. The molecule has 0 unspecified atom stereocenters. The molecule has 0 amide bonds. The fraction of sp³-hybridized carbons (Fsp3) is 0.583. The molecule has 1 aliphatic carbocycles. The van der Waals surface area contributed by atoms with Crippen molar-refractivity contribution in [1.29, 1.82) is 0 Å². The SMILES string of the molecule is CC.Cc1cc(=O)c2c([nH]1)CCCC2.[HH]. The molecule has 2 rings (SSSR count). The maximum Gasteiger partial charge on any atom is 0.185 e. The molecule has 0 saturated carbocycles. The van der Waals surface area contributed by atoms with Crippen molar-refractivity contribution in [2.45, 2.75) is 46.5 Å². The highest BCUT2D eigenvalue weighted by Crippen LogP contribution is 2.15. The van der Waals surface area contributed by atoms with E-state index < -0.39 is 0 Å². The molecule has 1 aromatic rings. The van der Waals surface area contributed by atoms with Crippen molar-refractivity contribution >= 4 is 0 Å². The van der Waals surface area contributed by atoms with Crippen molar-refractivity contribution in [2.24, 2.45) is 0 Å². The predicted molar refractivity (Wildman–Crippen MR) is 61.9 cm³/mol. The summed E-state index contributed by atoms with van der Waals surface area (Å²) in [4.78, 5) is 14.7. The maximum absolute atomic E-state index is 11.5. The van der Waals surface area contributed by atoms with E-state index in [9.17, 15) is 4.79 Å². The number of H-pyrrole nitrogens is 1. The van der Waals surface area contributed by atoms with Gasteiger partial charge in [0.2, 0.25) is 0 Å². The van der Waals surface area contributed by atoms with Gasteiger partial charge < -0.3 is 4.98 Å². The second-order valence-corrected chi connectivity index (χ2v) is 3.48. The highest BCUT2D eigenvalue weighted by Gasteiger charge is 2.12. The summed E-state index contributed by atoms with van der Waals surface area (Å²) >= 11 is 0. The Labute approximate surface area is 86.9 Å². The third-order valence-corrected chi connectivity index (χ3v) is 2.46. The predicted octanol–water partition coefficient (Wildman–Crippen LogP) is 2.83. The standard InChI is InChI=1S/C10H13NO.C2H6.H2/c1-7-6-10(12)8-4-2-3-5-9(8)11-7;1-2;/h6H,2-5H2,1H3,(H,11,12);1-2H3;1H. The molecule has 0 spiro atoms. The Kier molecular flexibility index (Phi) is 3.93. The molecular weight excluding hydrogens is 174 g/mol. The van der Waals surface area contributed by atoms with Crippen LogP contribution in [0.1, 0.15) is 45.1 Å². The van der Waals surface area contributed by atoms with E-state index in [0.717, 1.165) is 24.1 Å². The molecule has 1 N–H and O–H groups in total. The molecule has 0 atom stereocenters. The second-order valence-electron chi connectivity index (χ2n) is 3.48. The minimum absolute atomic E-state index is 0. The minimum atomic E-state index is 0. The minimum Gasteiger partial charge on any atom is -0.362 e. The first-order valence-corrected chi connectivity index (χ1v) is 5.49. The van der Waals surface area contributed by atoms with Gasteiger partial charge in [0.25, 0.3) is 0 Å². The first-order chi connectivity index (χ1) is 6.77. The van der Waals surface area contributed by atoms with E-state index >= 15 is 0 Å². The number of nitrogens with one attached hydrogen (secondary N) is 1. The van der Waals surface area contributed by atoms with E-state index in [4.69, 9.17) is 0 Å². The molecule has 80 valence electrons. The summed E-state index contributed by atoms with van der Waals surface area (Å²) in [7, 11) is 0. The lowest BCUT2D eigenvalue weighted by molar-refractivity contribution is 0.661. The molecular formula is C12H21NO. The number of hydrogen-bond donors (Lipinski definition) is 1. The number of aromatic amines is 1. The quantitative estimate of drug-likeness (QED) is 0.678. The molecule has 0 bridgehead atoms. The van der Waals surface area contributed by atoms with Crippen LogP contribution in [0.25, 0.3) is 0 Å². The fourth-order valence-corrected chi connectivity index (χ4v) is 1.87. The average Bonchev–Trinajstić information content (AvgIpc) is 2.20. The van der Waals surface area contributed by atoms with Gasteiger partial charge >= 0.3 is 0 Å². The van der Waals surface area contributed by atoms with E-state index in [1.165, 1.54) is 18.5 Å². The topological polar surface area (TPSA) is 32.9 Å². The number of fused-ring (bicyclic) bond motifs is 1. The second kappa shape index (κ2) is 4.99. The van der Waals surface area contributed by atoms with Crippen molar-refractivity contribution in [3.8, 4) is 0 Å². The summed E-state index contributed by atoms with van der Waals surface area (Å²) in [6, 6.07) is 1.70. The van der Waals surface area contributed by atoms with Gasteiger partial charge in [0.15, 0.2) is 5.43 Å². The zero-order valence-corrected chi connectivity index (χ0v) is 9.31. The van der Waals surface area contributed by atoms with Gasteiger partial charge in [0, 0.05) is 24.4 Å². The highest BCUT2D eigenvalue weighted by atomic mass is 16.1. The smallest absolute Gasteiger partial charge is 0.185 e. The van der Waals surface area contributed by atoms with Gasteiger partial charge in [-0.3, -0.25) is 4.79 Å². The van der Waals surface area contributed by atoms with Gasteiger partial charge in [-0.25, -0.2) is 0 Å². The lowest BCUT2D eigenvalue weighted by Gasteiger charge is -2.14. The summed E-state index contributed by atoms with van der Waals surface area (Å²) in [6.07, 6.45) is 4.39. The molecule has 2 heteroatoms. The number of pyridine rings is 1. The molecule has 14 heavy (non-hydrogen) atoms. The van der Waals surface area contributed by atoms with E-state index in [-0.39, 0.29) is 6.86 Å². The highest BCUT2D eigenvalue weighted by molar-refractivity contribution is 5.24. The van der Waals surface area contributed by atoms with Gasteiger partial charge in [-0.2, -0.15) is 0 Å².